The fourth-order valence-electron chi connectivity index (χ4n) is 2.36. The van der Waals surface area contributed by atoms with Crippen molar-refractivity contribution in [1.29, 1.82) is 0 Å². The monoisotopic (exact) mass is 283 g/mol. The van der Waals surface area contributed by atoms with Crippen LogP contribution >= 0.6 is 11.6 Å². The van der Waals surface area contributed by atoms with Gasteiger partial charge in [-0.25, -0.2) is 4.79 Å². The van der Waals surface area contributed by atoms with Crippen LogP contribution in [-0.4, -0.2) is 37.9 Å². The van der Waals surface area contributed by atoms with Gasteiger partial charge in [0.05, 0.1) is 16.3 Å². The van der Waals surface area contributed by atoms with Gasteiger partial charge < -0.3 is 14.7 Å². The summed E-state index contributed by atoms with van der Waals surface area (Å²) >= 11 is 6.16. The molecule has 1 aliphatic heterocycles. The molecule has 0 saturated carbocycles. The smallest absolute Gasteiger partial charge is 0.335 e. The van der Waals surface area contributed by atoms with Crippen LogP contribution in [0.5, 0.6) is 0 Å². The summed E-state index contributed by atoms with van der Waals surface area (Å²) in [4.78, 5) is 13.0. The Morgan fingerprint density at radius 3 is 2.74 bits per heavy atom. The van der Waals surface area contributed by atoms with E-state index in [1.807, 2.05) is 7.05 Å². The van der Waals surface area contributed by atoms with E-state index in [4.69, 9.17) is 21.4 Å². The first kappa shape index (κ1) is 14.2. The molecule has 0 bridgehead atoms. The van der Waals surface area contributed by atoms with Crippen LogP contribution in [0.3, 0.4) is 0 Å². The van der Waals surface area contributed by atoms with E-state index in [1.54, 1.807) is 12.1 Å². The number of carboxylic acid groups (broad SMARTS) is 1. The summed E-state index contributed by atoms with van der Waals surface area (Å²) in [7, 11) is 1.98. The van der Waals surface area contributed by atoms with Gasteiger partial charge in [0, 0.05) is 26.8 Å². The minimum Gasteiger partial charge on any atom is -0.478 e. The third-order valence-electron chi connectivity index (χ3n) is 3.48. The first-order valence-corrected chi connectivity index (χ1v) is 6.77. The average Bonchev–Trinajstić information content (AvgIpc) is 2.39. The quantitative estimate of drug-likeness (QED) is 0.923. The summed E-state index contributed by atoms with van der Waals surface area (Å²) in [6.07, 6.45) is 2.13. The first-order chi connectivity index (χ1) is 9.08. The molecular formula is C14H18ClNO3. The number of anilines is 1. The summed E-state index contributed by atoms with van der Waals surface area (Å²) < 4.78 is 5.34. The highest BCUT2D eigenvalue weighted by atomic mass is 35.5. The molecule has 1 saturated heterocycles. The number of carbonyl (C=O) groups is 1. The molecule has 0 amide bonds. The lowest BCUT2D eigenvalue weighted by Gasteiger charge is -2.29. The molecule has 1 aromatic carbocycles. The van der Waals surface area contributed by atoms with Crippen LogP contribution in [0.2, 0.25) is 5.02 Å². The third kappa shape index (κ3) is 3.61. The van der Waals surface area contributed by atoms with E-state index < -0.39 is 5.97 Å². The van der Waals surface area contributed by atoms with Gasteiger partial charge in [-0.1, -0.05) is 11.6 Å². The molecule has 0 aliphatic carbocycles. The second-order valence-electron chi connectivity index (χ2n) is 4.91. The standard InChI is InChI=1S/C14H18ClNO3/c1-16(9-10-4-6-19-7-5-10)13-3-2-11(14(17)18)8-12(13)15/h2-3,8,10H,4-7,9H2,1H3,(H,17,18). The molecule has 2 rings (SSSR count). The topological polar surface area (TPSA) is 49.8 Å². The Kier molecular flexibility index (Phi) is 4.66. The fourth-order valence-corrected chi connectivity index (χ4v) is 2.69. The Hall–Kier alpha value is -1.26. The van der Waals surface area contributed by atoms with Crippen molar-refractivity contribution in [3.63, 3.8) is 0 Å². The van der Waals surface area contributed by atoms with E-state index in [9.17, 15) is 4.79 Å². The maximum absolute atomic E-state index is 10.9. The van der Waals surface area contributed by atoms with E-state index in [2.05, 4.69) is 4.90 Å². The highest BCUT2D eigenvalue weighted by Crippen LogP contribution is 2.28. The lowest BCUT2D eigenvalue weighted by atomic mass is 9.99. The predicted octanol–water partition coefficient (Wildman–Crippen LogP) is 2.90. The van der Waals surface area contributed by atoms with Crippen molar-refractivity contribution in [2.45, 2.75) is 12.8 Å². The molecule has 0 spiro atoms. The van der Waals surface area contributed by atoms with Gasteiger partial charge >= 0.3 is 5.97 Å². The van der Waals surface area contributed by atoms with E-state index in [0.717, 1.165) is 38.3 Å². The zero-order valence-corrected chi connectivity index (χ0v) is 11.7. The summed E-state index contributed by atoms with van der Waals surface area (Å²) in [5.74, 6) is -0.352. The van der Waals surface area contributed by atoms with Crippen LogP contribution in [0.25, 0.3) is 0 Å². The molecule has 0 radical (unpaired) electrons. The minimum absolute atomic E-state index is 0.216. The van der Waals surface area contributed by atoms with Gasteiger partial charge in [0.25, 0.3) is 0 Å². The van der Waals surface area contributed by atoms with Crippen molar-refractivity contribution in [1.82, 2.24) is 0 Å². The number of aromatic carboxylic acids is 1. The lowest BCUT2D eigenvalue weighted by Crippen LogP contribution is -2.29. The van der Waals surface area contributed by atoms with Gasteiger partial charge in [0.1, 0.15) is 0 Å². The van der Waals surface area contributed by atoms with E-state index in [-0.39, 0.29) is 5.56 Å². The van der Waals surface area contributed by atoms with Crippen molar-refractivity contribution in [2.24, 2.45) is 5.92 Å². The van der Waals surface area contributed by atoms with Crippen LogP contribution in [0, 0.1) is 5.92 Å². The molecule has 5 heteroatoms. The van der Waals surface area contributed by atoms with Crippen LogP contribution in [-0.2, 0) is 4.74 Å². The Balaban J connectivity index is 2.05. The Morgan fingerprint density at radius 2 is 2.16 bits per heavy atom. The van der Waals surface area contributed by atoms with Crippen molar-refractivity contribution in [2.75, 3.05) is 31.7 Å². The van der Waals surface area contributed by atoms with E-state index in [1.165, 1.54) is 6.07 Å². The SMILES string of the molecule is CN(CC1CCOCC1)c1ccc(C(=O)O)cc1Cl. The number of halogens is 1. The zero-order chi connectivity index (χ0) is 13.8. The molecule has 19 heavy (non-hydrogen) atoms. The molecule has 1 fully saturated rings. The molecule has 1 aromatic rings. The maximum atomic E-state index is 10.9. The van der Waals surface area contributed by atoms with Crippen LogP contribution in [0.1, 0.15) is 23.2 Å². The zero-order valence-electron chi connectivity index (χ0n) is 10.9. The number of hydrogen-bond donors (Lipinski definition) is 1. The summed E-state index contributed by atoms with van der Waals surface area (Å²) in [6.45, 7) is 2.56. The summed E-state index contributed by atoms with van der Waals surface area (Å²) in [5.41, 5.74) is 1.09. The number of carboxylic acids is 1. The molecular weight excluding hydrogens is 266 g/mol. The summed E-state index contributed by atoms with van der Waals surface area (Å²) in [6, 6.07) is 4.86. The molecule has 0 unspecified atom stereocenters. The second kappa shape index (κ2) is 6.26. The number of rotatable bonds is 4. The van der Waals surface area contributed by atoms with E-state index >= 15 is 0 Å². The Bertz CT molecular complexity index is 458. The van der Waals surface area contributed by atoms with Crippen molar-refractivity contribution in [3.8, 4) is 0 Å². The van der Waals surface area contributed by atoms with Gasteiger partial charge in [0.15, 0.2) is 0 Å². The van der Waals surface area contributed by atoms with Gasteiger partial charge in [-0.3, -0.25) is 0 Å². The Labute approximate surface area is 117 Å². The van der Waals surface area contributed by atoms with Crippen LogP contribution in [0.15, 0.2) is 18.2 Å². The van der Waals surface area contributed by atoms with E-state index in [0.29, 0.717) is 10.9 Å². The number of ether oxygens (including phenoxy) is 1. The predicted molar refractivity (Wildman–Crippen MR) is 75.2 cm³/mol. The molecule has 1 heterocycles. The molecule has 1 N–H and O–H groups in total. The van der Waals surface area contributed by atoms with Crippen molar-refractivity contribution in [3.05, 3.63) is 28.8 Å². The number of benzene rings is 1. The minimum atomic E-state index is -0.958. The molecule has 104 valence electrons. The van der Waals surface area contributed by atoms with Crippen molar-refractivity contribution < 1.29 is 14.6 Å². The molecule has 4 nitrogen and oxygen atoms in total. The number of nitrogens with zero attached hydrogens (tertiary/aromatic N) is 1. The largest absolute Gasteiger partial charge is 0.478 e. The number of hydrogen-bond acceptors (Lipinski definition) is 3. The molecule has 1 aliphatic rings. The van der Waals surface area contributed by atoms with Gasteiger partial charge in [-0.2, -0.15) is 0 Å². The second-order valence-corrected chi connectivity index (χ2v) is 5.31. The highest BCUT2D eigenvalue weighted by Gasteiger charge is 2.17. The maximum Gasteiger partial charge on any atom is 0.335 e. The fraction of sp³-hybridized carbons (Fsp3) is 0.500. The van der Waals surface area contributed by atoms with Gasteiger partial charge in [0.2, 0.25) is 0 Å². The van der Waals surface area contributed by atoms with Gasteiger partial charge in [-0.15, -0.1) is 0 Å². The lowest BCUT2D eigenvalue weighted by molar-refractivity contribution is 0.0683. The average molecular weight is 284 g/mol. The molecule has 0 aromatic heterocycles. The third-order valence-corrected chi connectivity index (χ3v) is 3.78. The normalized spacial score (nSPS) is 16.3. The Morgan fingerprint density at radius 1 is 1.47 bits per heavy atom. The highest BCUT2D eigenvalue weighted by molar-refractivity contribution is 6.33. The van der Waals surface area contributed by atoms with Crippen LogP contribution in [0.4, 0.5) is 5.69 Å². The molecule has 0 atom stereocenters. The van der Waals surface area contributed by atoms with Crippen LogP contribution < -0.4 is 4.90 Å². The first-order valence-electron chi connectivity index (χ1n) is 6.39. The summed E-state index contributed by atoms with van der Waals surface area (Å²) in [5, 5.41) is 9.39. The van der Waals surface area contributed by atoms with Crippen molar-refractivity contribution >= 4 is 23.3 Å². The van der Waals surface area contributed by atoms with Gasteiger partial charge in [-0.05, 0) is 37.0 Å².